The summed E-state index contributed by atoms with van der Waals surface area (Å²) in [6, 6.07) is 7.25. The van der Waals surface area contributed by atoms with Crippen LogP contribution in [0, 0.1) is 0 Å². The number of carboxylic acids is 1. The summed E-state index contributed by atoms with van der Waals surface area (Å²) in [4.78, 5) is 15.0. The van der Waals surface area contributed by atoms with Crippen LogP contribution < -0.4 is 4.74 Å². The van der Waals surface area contributed by atoms with Gasteiger partial charge >= 0.3 is 5.97 Å². The Labute approximate surface area is 110 Å². The summed E-state index contributed by atoms with van der Waals surface area (Å²) in [6.45, 7) is 0.968. The van der Waals surface area contributed by atoms with Crippen molar-refractivity contribution in [1.29, 1.82) is 0 Å². The summed E-state index contributed by atoms with van der Waals surface area (Å²) in [5, 5.41) is 9.65. The monoisotopic (exact) mass is 261 g/mol. The SMILES string of the molecule is COCCOc1cnc2ccc(CC(=O)O)cc2c1. The molecule has 19 heavy (non-hydrogen) atoms. The second-order valence-corrected chi connectivity index (χ2v) is 4.11. The minimum Gasteiger partial charge on any atom is -0.490 e. The standard InChI is InChI=1S/C14H15NO4/c1-18-4-5-19-12-8-11-6-10(7-14(16)17)2-3-13(11)15-9-12/h2-3,6,8-9H,4-5,7H2,1H3,(H,16,17). The van der Waals surface area contributed by atoms with Gasteiger partial charge in [-0.15, -0.1) is 0 Å². The number of pyridine rings is 1. The minimum absolute atomic E-state index is 0.00466. The molecule has 0 unspecified atom stereocenters. The lowest BCUT2D eigenvalue weighted by atomic mass is 10.1. The Morgan fingerprint density at radius 1 is 1.32 bits per heavy atom. The van der Waals surface area contributed by atoms with Crippen LogP contribution in [0.5, 0.6) is 5.75 Å². The van der Waals surface area contributed by atoms with Gasteiger partial charge in [-0.3, -0.25) is 9.78 Å². The van der Waals surface area contributed by atoms with E-state index in [9.17, 15) is 4.79 Å². The van der Waals surface area contributed by atoms with Gasteiger partial charge in [0, 0.05) is 12.5 Å². The lowest BCUT2D eigenvalue weighted by molar-refractivity contribution is -0.136. The molecule has 1 aromatic carbocycles. The van der Waals surface area contributed by atoms with Crippen molar-refractivity contribution >= 4 is 16.9 Å². The molecule has 5 nitrogen and oxygen atoms in total. The number of nitrogens with zero attached hydrogens (tertiary/aromatic N) is 1. The number of hydrogen-bond donors (Lipinski definition) is 1. The molecule has 1 heterocycles. The summed E-state index contributed by atoms with van der Waals surface area (Å²) in [7, 11) is 1.61. The Kier molecular flexibility index (Phi) is 4.30. The lowest BCUT2D eigenvalue weighted by Gasteiger charge is -2.07. The molecule has 1 aromatic heterocycles. The van der Waals surface area contributed by atoms with E-state index in [0.29, 0.717) is 19.0 Å². The molecule has 0 spiro atoms. The van der Waals surface area contributed by atoms with Crippen LogP contribution in [0.1, 0.15) is 5.56 Å². The van der Waals surface area contributed by atoms with E-state index in [4.69, 9.17) is 14.6 Å². The fourth-order valence-electron chi connectivity index (χ4n) is 1.77. The largest absolute Gasteiger partial charge is 0.490 e. The van der Waals surface area contributed by atoms with Crippen molar-refractivity contribution in [3.05, 3.63) is 36.0 Å². The van der Waals surface area contributed by atoms with Gasteiger partial charge in [0.25, 0.3) is 0 Å². The minimum atomic E-state index is -0.847. The van der Waals surface area contributed by atoms with E-state index in [-0.39, 0.29) is 6.42 Å². The van der Waals surface area contributed by atoms with E-state index >= 15 is 0 Å². The molecule has 0 fully saturated rings. The van der Waals surface area contributed by atoms with Crippen LogP contribution in [0.15, 0.2) is 30.5 Å². The Morgan fingerprint density at radius 3 is 2.89 bits per heavy atom. The molecular formula is C14H15NO4. The van der Waals surface area contributed by atoms with Gasteiger partial charge in [0.15, 0.2) is 0 Å². The normalized spacial score (nSPS) is 10.6. The molecule has 0 aliphatic carbocycles. The fourth-order valence-corrected chi connectivity index (χ4v) is 1.77. The maximum absolute atomic E-state index is 10.7. The number of carboxylic acid groups (broad SMARTS) is 1. The van der Waals surface area contributed by atoms with Crippen LogP contribution in [0.4, 0.5) is 0 Å². The van der Waals surface area contributed by atoms with Crippen molar-refractivity contribution in [2.75, 3.05) is 20.3 Å². The van der Waals surface area contributed by atoms with Gasteiger partial charge in [-0.2, -0.15) is 0 Å². The maximum Gasteiger partial charge on any atom is 0.307 e. The van der Waals surface area contributed by atoms with E-state index in [1.54, 1.807) is 19.4 Å². The quantitative estimate of drug-likeness (QED) is 0.804. The molecule has 0 aliphatic rings. The zero-order valence-electron chi connectivity index (χ0n) is 10.6. The first-order chi connectivity index (χ1) is 9.19. The van der Waals surface area contributed by atoms with Gasteiger partial charge in [0.2, 0.25) is 0 Å². The second-order valence-electron chi connectivity index (χ2n) is 4.11. The van der Waals surface area contributed by atoms with Gasteiger partial charge in [0.05, 0.1) is 24.7 Å². The smallest absolute Gasteiger partial charge is 0.307 e. The third-order valence-electron chi connectivity index (χ3n) is 2.63. The van der Waals surface area contributed by atoms with Crippen LogP contribution in [-0.4, -0.2) is 36.4 Å². The lowest BCUT2D eigenvalue weighted by Crippen LogP contribution is -2.04. The summed E-state index contributed by atoms with van der Waals surface area (Å²) < 4.78 is 10.4. The van der Waals surface area contributed by atoms with Gasteiger partial charge in [-0.25, -0.2) is 0 Å². The van der Waals surface area contributed by atoms with Crippen molar-refractivity contribution in [2.45, 2.75) is 6.42 Å². The highest BCUT2D eigenvalue weighted by Gasteiger charge is 2.04. The second kappa shape index (κ2) is 6.15. The van der Waals surface area contributed by atoms with Crippen molar-refractivity contribution < 1.29 is 19.4 Å². The van der Waals surface area contributed by atoms with Crippen LogP contribution in [0.2, 0.25) is 0 Å². The van der Waals surface area contributed by atoms with Gasteiger partial charge < -0.3 is 14.6 Å². The molecule has 0 amide bonds. The number of fused-ring (bicyclic) bond motifs is 1. The van der Waals surface area contributed by atoms with Crippen molar-refractivity contribution in [2.24, 2.45) is 0 Å². The number of ether oxygens (including phenoxy) is 2. The first-order valence-electron chi connectivity index (χ1n) is 5.91. The molecule has 0 radical (unpaired) electrons. The van der Waals surface area contributed by atoms with Crippen molar-refractivity contribution in [3.8, 4) is 5.75 Å². The fraction of sp³-hybridized carbons (Fsp3) is 0.286. The number of rotatable bonds is 6. The van der Waals surface area contributed by atoms with Gasteiger partial charge in [-0.1, -0.05) is 6.07 Å². The highest BCUT2D eigenvalue weighted by atomic mass is 16.5. The molecule has 2 rings (SSSR count). The molecule has 0 bridgehead atoms. The molecule has 0 saturated heterocycles. The average molecular weight is 261 g/mol. The molecule has 0 aliphatic heterocycles. The Balaban J connectivity index is 2.21. The molecule has 0 saturated carbocycles. The Hall–Kier alpha value is -2.14. The third-order valence-corrected chi connectivity index (χ3v) is 2.63. The molecule has 100 valence electrons. The van der Waals surface area contributed by atoms with Crippen LogP contribution in [-0.2, 0) is 16.0 Å². The number of aromatic nitrogens is 1. The van der Waals surface area contributed by atoms with E-state index < -0.39 is 5.97 Å². The van der Waals surface area contributed by atoms with E-state index in [2.05, 4.69) is 4.98 Å². The molecular weight excluding hydrogens is 246 g/mol. The topological polar surface area (TPSA) is 68.7 Å². The number of methoxy groups -OCH3 is 1. The summed E-state index contributed by atoms with van der Waals surface area (Å²) in [5.41, 5.74) is 1.56. The zero-order chi connectivity index (χ0) is 13.7. The predicted molar refractivity (Wildman–Crippen MR) is 70.5 cm³/mol. The molecule has 1 N–H and O–H groups in total. The number of benzene rings is 1. The van der Waals surface area contributed by atoms with Gasteiger partial charge in [0.1, 0.15) is 12.4 Å². The van der Waals surface area contributed by atoms with E-state index in [1.807, 2.05) is 18.2 Å². The molecule has 5 heteroatoms. The summed E-state index contributed by atoms with van der Waals surface area (Å²) in [5.74, 6) is -0.197. The Morgan fingerprint density at radius 2 is 2.16 bits per heavy atom. The number of carbonyl (C=O) groups is 1. The van der Waals surface area contributed by atoms with Gasteiger partial charge in [-0.05, 0) is 23.8 Å². The molecule has 2 aromatic rings. The zero-order valence-corrected chi connectivity index (χ0v) is 10.6. The first kappa shape index (κ1) is 13.3. The highest BCUT2D eigenvalue weighted by molar-refractivity contribution is 5.82. The van der Waals surface area contributed by atoms with Crippen LogP contribution in [0.3, 0.4) is 0 Å². The van der Waals surface area contributed by atoms with E-state index in [1.165, 1.54) is 0 Å². The first-order valence-corrected chi connectivity index (χ1v) is 5.91. The highest BCUT2D eigenvalue weighted by Crippen LogP contribution is 2.20. The number of aliphatic carboxylic acids is 1. The summed E-state index contributed by atoms with van der Waals surface area (Å²) >= 11 is 0. The van der Waals surface area contributed by atoms with E-state index in [0.717, 1.165) is 16.5 Å². The maximum atomic E-state index is 10.7. The Bertz CT molecular complexity index is 583. The molecule has 0 atom stereocenters. The third kappa shape index (κ3) is 3.66. The van der Waals surface area contributed by atoms with Crippen molar-refractivity contribution in [1.82, 2.24) is 4.98 Å². The summed E-state index contributed by atoms with van der Waals surface area (Å²) in [6.07, 6.45) is 1.65. The van der Waals surface area contributed by atoms with Crippen molar-refractivity contribution in [3.63, 3.8) is 0 Å². The number of hydrogen-bond acceptors (Lipinski definition) is 4. The van der Waals surface area contributed by atoms with Crippen LogP contribution in [0.25, 0.3) is 10.9 Å². The van der Waals surface area contributed by atoms with Crippen LogP contribution >= 0.6 is 0 Å². The average Bonchev–Trinajstić information content (AvgIpc) is 2.38. The predicted octanol–water partition coefficient (Wildman–Crippen LogP) is 1.89.